The van der Waals surface area contributed by atoms with Crippen molar-refractivity contribution in [1.29, 1.82) is 0 Å². The van der Waals surface area contributed by atoms with E-state index in [1.54, 1.807) is 0 Å². The molecule has 1 fully saturated rings. The summed E-state index contributed by atoms with van der Waals surface area (Å²) in [4.78, 5) is 0. The van der Waals surface area contributed by atoms with Gasteiger partial charge in [0.15, 0.2) is 0 Å². The minimum absolute atomic E-state index is 0. The third-order valence-electron chi connectivity index (χ3n) is 5.68. The van der Waals surface area contributed by atoms with Gasteiger partial charge in [0.1, 0.15) is 0 Å². The molecule has 0 bridgehead atoms. The van der Waals surface area contributed by atoms with E-state index >= 15 is 0 Å². The standard InChI is InChI=1S/C26H21NOP.C5H5.Fe/c1-4-11-20(12-5-1)24-19-28-26(27-24)23-17-10-18-25(23)29(21-13-6-2-7-14-21)22-15-8-3-9-16-22;1-2-4-5-3-1;/h1-18,24H,19H2;1-5H;/q2*-1;+2. The molecule has 1 heterocycles. The summed E-state index contributed by atoms with van der Waals surface area (Å²) in [6.45, 7) is 0.596. The van der Waals surface area contributed by atoms with E-state index in [9.17, 15) is 0 Å². The SMILES string of the molecule is C1=CC(=C2[N-]C(c3ccccc3)CO2)C(P(c2ccccc2)c2ccccc2)=C1.[Fe+2].c1cc[cH-]c1. The molecule has 4 aromatic rings. The van der Waals surface area contributed by atoms with Crippen molar-refractivity contribution in [2.75, 3.05) is 6.61 Å². The zero-order chi connectivity index (χ0) is 23.0. The molecule has 0 spiro atoms. The van der Waals surface area contributed by atoms with E-state index in [-0.39, 0.29) is 23.1 Å². The summed E-state index contributed by atoms with van der Waals surface area (Å²) < 4.78 is 6.09. The van der Waals surface area contributed by atoms with Crippen LogP contribution in [0.1, 0.15) is 11.6 Å². The Balaban J connectivity index is 0.000000431. The van der Waals surface area contributed by atoms with Crippen LogP contribution in [0, 0.1) is 0 Å². The summed E-state index contributed by atoms with van der Waals surface area (Å²) in [6.07, 6.45) is 6.49. The van der Waals surface area contributed by atoms with E-state index in [0.29, 0.717) is 6.61 Å². The fourth-order valence-corrected chi connectivity index (χ4v) is 6.50. The topological polar surface area (TPSA) is 23.3 Å². The first-order valence-electron chi connectivity index (χ1n) is 11.5. The molecule has 0 amide bonds. The van der Waals surface area contributed by atoms with Gasteiger partial charge >= 0.3 is 17.1 Å². The fraction of sp³-hybridized carbons (Fsp3) is 0.0645. The van der Waals surface area contributed by atoms with Gasteiger partial charge in [-0.05, 0) is 23.8 Å². The molecule has 4 aromatic carbocycles. The largest absolute Gasteiger partial charge is 2.00 e. The van der Waals surface area contributed by atoms with E-state index in [1.807, 2.05) is 36.4 Å². The van der Waals surface area contributed by atoms with Crippen molar-refractivity contribution in [3.8, 4) is 0 Å². The number of allylic oxidation sites excluding steroid dienone is 5. The first kappa shape index (κ1) is 24.9. The summed E-state index contributed by atoms with van der Waals surface area (Å²) in [5.74, 6) is 0.762. The number of rotatable bonds is 4. The van der Waals surface area contributed by atoms with Crippen LogP contribution in [0.15, 0.2) is 156 Å². The van der Waals surface area contributed by atoms with E-state index in [4.69, 9.17) is 10.1 Å². The van der Waals surface area contributed by atoms with Gasteiger partial charge in [-0.2, -0.15) is 18.2 Å². The number of nitrogens with zero attached hydrogens (tertiary/aromatic N) is 1. The molecule has 1 atom stereocenters. The van der Waals surface area contributed by atoms with Crippen LogP contribution in [0.2, 0.25) is 0 Å². The average molecular weight is 515 g/mol. The molecule has 1 aliphatic heterocycles. The Morgan fingerprint density at radius 3 is 1.86 bits per heavy atom. The fourth-order valence-electron chi connectivity index (χ4n) is 4.06. The molecular weight excluding hydrogens is 489 g/mol. The Bertz CT molecular complexity index is 1210. The quantitative estimate of drug-likeness (QED) is 0.159. The van der Waals surface area contributed by atoms with Gasteiger partial charge in [0.05, 0.1) is 6.61 Å². The molecule has 0 saturated carbocycles. The molecule has 4 heteroatoms. The summed E-state index contributed by atoms with van der Waals surface area (Å²) in [5, 5.41) is 8.90. The van der Waals surface area contributed by atoms with Crippen LogP contribution in [0.3, 0.4) is 0 Å². The van der Waals surface area contributed by atoms with E-state index in [0.717, 1.165) is 11.5 Å². The van der Waals surface area contributed by atoms with Crippen molar-refractivity contribution in [3.05, 3.63) is 167 Å². The third-order valence-corrected chi connectivity index (χ3v) is 8.18. The minimum Gasteiger partial charge on any atom is -0.644 e. The Morgan fingerprint density at radius 2 is 1.31 bits per heavy atom. The van der Waals surface area contributed by atoms with E-state index in [2.05, 4.69) is 103 Å². The van der Waals surface area contributed by atoms with Gasteiger partial charge in [0.25, 0.3) is 0 Å². The van der Waals surface area contributed by atoms with Crippen molar-refractivity contribution in [2.24, 2.45) is 0 Å². The minimum atomic E-state index is -0.675. The molecule has 0 N–H and O–H groups in total. The van der Waals surface area contributed by atoms with Crippen LogP contribution < -0.4 is 10.6 Å². The monoisotopic (exact) mass is 515 g/mol. The molecule has 1 saturated heterocycles. The summed E-state index contributed by atoms with van der Waals surface area (Å²) >= 11 is 0. The Morgan fingerprint density at radius 1 is 0.743 bits per heavy atom. The van der Waals surface area contributed by atoms with E-state index in [1.165, 1.54) is 21.5 Å². The first-order chi connectivity index (χ1) is 16.9. The molecule has 1 aliphatic carbocycles. The zero-order valence-electron chi connectivity index (χ0n) is 19.2. The maximum atomic E-state index is 6.09. The van der Waals surface area contributed by atoms with Crippen molar-refractivity contribution in [3.63, 3.8) is 0 Å². The Kier molecular flexibility index (Phi) is 8.87. The van der Waals surface area contributed by atoms with Crippen molar-refractivity contribution in [1.82, 2.24) is 0 Å². The summed E-state index contributed by atoms with van der Waals surface area (Å²) in [6, 6.07) is 41.9. The smallest absolute Gasteiger partial charge is 0.644 e. The van der Waals surface area contributed by atoms with Gasteiger partial charge in [-0.15, -0.1) is 0 Å². The van der Waals surface area contributed by atoms with Crippen LogP contribution in [0.5, 0.6) is 0 Å². The van der Waals surface area contributed by atoms with Crippen molar-refractivity contribution >= 4 is 18.5 Å². The molecule has 0 aromatic heterocycles. The Hall–Kier alpha value is -3.22. The van der Waals surface area contributed by atoms with Crippen LogP contribution in [0.4, 0.5) is 0 Å². The predicted molar refractivity (Wildman–Crippen MR) is 144 cm³/mol. The summed E-state index contributed by atoms with van der Waals surface area (Å²) in [5.41, 5.74) is 2.31. The third kappa shape index (κ3) is 6.08. The molecular formula is C31H26FeNOP. The number of hydrogen-bond acceptors (Lipinski definition) is 1. The molecule has 1 unspecified atom stereocenters. The first-order valence-corrected chi connectivity index (χ1v) is 12.8. The molecule has 35 heavy (non-hydrogen) atoms. The molecule has 174 valence electrons. The number of ether oxygens (including phenoxy) is 1. The van der Waals surface area contributed by atoms with Crippen molar-refractivity contribution < 1.29 is 21.8 Å². The maximum Gasteiger partial charge on any atom is 2.00 e. The second-order valence-electron chi connectivity index (χ2n) is 7.97. The predicted octanol–water partition coefficient (Wildman–Crippen LogP) is 7.33. The van der Waals surface area contributed by atoms with Gasteiger partial charge in [0, 0.05) is 11.5 Å². The molecule has 0 radical (unpaired) electrons. The van der Waals surface area contributed by atoms with Crippen LogP contribution in [-0.4, -0.2) is 6.61 Å². The second-order valence-corrected chi connectivity index (χ2v) is 10.2. The number of benzene rings is 3. The average Bonchev–Trinajstić information content (AvgIpc) is 3.70. The number of hydrogen-bond donors (Lipinski definition) is 0. The molecule has 6 rings (SSSR count). The van der Waals surface area contributed by atoms with Crippen LogP contribution in [-0.2, 0) is 21.8 Å². The zero-order valence-corrected chi connectivity index (χ0v) is 21.2. The van der Waals surface area contributed by atoms with Gasteiger partial charge in [-0.1, -0.05) is 121 Å². The Labute approximate surface area is 219 Å². The maximum absolute atomic E-state index is 6.09. The normalized spacial score (nSPS) is 18.1. The molecule has 2 aliphatic rings. The van der Waals surface area contributed by atoms with Crippen molar-refractivity contribution in [2.45, 2.75) is 6.04 Å². The van der Waals surface area contributed by atoms with Gasteiger partial charge in [0.2, 0.25) is 0 Å². The second kappa shape index (κ2) is 12.5. The van der Waals surface area contributed by atoms with Gasteiger partial charge in [-0.25, -0.2) is 12.1 Å². The van der Waals surface area contributed by atoms with Gasteiger partial charge in [-0.3, -0.25) is 0 Å². The summed E-state index contributed by atoms with van der Waals surface area (Å²) in [7, 11) is -0.675. The molecule has 2 nitrogen and oxygen atoms in total. The van der Waals surface area contributed by atoms with Gasteiger partial charge < -0.3 is 10.1 Å². The van der Waals surface area contributed by atoms with Crippen LogP contribution >= 0.6 is 7.92 Å². The van der Waals surface area contributed by atoms with E-state index < -0.39 is 7.92 Å². The van der Waals surface area contributed by atoms with Crippen LogP contribution in [0.25, 0.3) is 5.32 Å².